The first kappa shape index (κ1) is 61.9. The van der Waals surface area contributed by atoms with Gasteiger partial charge in [0.25, 0.3) is 0 Å². The van der Waals surface area contributed by atoms with Gasteiger partial charge in [-0.1, -0.05) is 0 Å². The van der Waals surface area contributed by atoms with Crippen molar-refractivity contribution in [2.75, 3.05) is 0 Å². The minimum atomic E-state index is 0. The van der Waals surface area contributed by atoms with E-state index in [2.05, 4.69) is 60.9 Å². The number of aromatic nitrogens is 1. The van der Waals surface area contributed by atoms with Crippen molar-refractivity contribution in [2.45, 2.75) is 26.8 Å². The molecular weight excluding hydrogens is 2020 g/mol. The largest absolute Gasteiger partial charge is 2.00 e. The molecule has 0 aliphatic rings. The fraction of sp³-hybridized carbons (Fsp3) is 0.211. The van der Waals surface area contributed by atoms with Crippen LogP contribution < -0.4 is 51.4 Å². The molecule has 31 heavy (non-hydrogen) atoms. The molecule has 0 aliphatic heterocycles. The topological polar surface area (TPSA) is 4.93 Å². The molecule has 1 aromatic heterocycles. The fourth-order valence-corrected chi connectivity index (χ4v) is 3.12. The average Bonchev–Trinajstić information content (AvgIpc) is 2.76. The van der Waals surface area contributed by atoms with Crippen molar-refractivity contribution < 1.29 is 272 Å². The summed E-state index contributed by atoms with van der Waals surface area (Å²) in [6.07, 6.45) is 3.88. The van der Waals surface area contributed by atoms with E-state index in [4.69, 9.17) is 6.58 Å². The summed E-state index contributed by atoms with van der Waals surface area (Å²) in [4.78, 5) is 0. The molecule has 159 valence electrons. The molecule has 0 unspecified atom stereocenters. The van der Waals surface area contributed by atoms with E-state index in [9.17, 15) is 0 Å². The third-order valence-electron chi connectivity index (χ3n) is 3.61. The standard InChI is InChI=1S/C19H18N.K.9W.Y/c1-7-13(3)11-15(5)19-16(6)17-10-9-14(4)12-18(17)20(19)8-2;;;;;;;;;;;/h5,9-10,12H,1-2,7-8H2,4,6H3;;;;;;;;;;;/q-5;+1;;;;;;;;;+2;. The summed E-state index contributed by atoms with van der Waals surface area (Å²) >= 11 is 1.26. The first-order valence-electron chi connectivity index (χ1n) is 6.85. The van der Waals surface area contributed by atoms with Gasteiger partial charge in [0.15, 0.2) is 0 Å². The third kappa shape index (κ3) is 18.2. The molecule has 1 heterocycles. The van der Waals surface area contributed by atoms with Crippen LogP contribution in [0.2, 0.25) is 0 Å². The maximum atomic E-state index is 6.30. The van der Waals surface area contributed by atoms with Crippen LogP contribution >= 0.6 is 0 Å². The van der Waals surface area contributed by atoms with Crippen LogP contribution in [0, 0.1) is 40.3 Å². The van der Waals surface area contributed by atoms with Gasteiger partial charge in [-0.3, -0.25) is 0 Å². The van der Waals surface area contributed by atoms with Gasteiger partial charge in [0.2, 0.25) is 0 Å². The van der Waals surface area contributed by atoms with E-state index in [0.717, 1.165) is 11.3 Å². The Bertz CT molecular complexity index is 764. The number of rotatable bonds is 5. The number of nitrogens with zero attached hydrogens (tertiary/aromatic N) is 1. The maximum Gasteiger partial charge on any atom is 2.00 e. The Morgan fingerprint density at radius 1 is 1.03 bits per heavy atom. The van der Waals surface area contributed by atoms with Gasteiger partial charge in [-0.2, -0.15) is 0 Å². The Labute approximate surface area is 382 Å². The molecule has 0 atom stereocenters. The Morgan fingerprint density at radius 2 is 1.52 bits per heavy atom. The molecular formula is C19H18KNW9Y-2. The van der Waals surface area contributed by atoms with Crippen LogP contribution in [0.15, 0.2) is 23.8 Å². The van der Waals surface area contributed by atoms with Gasteiger partial charge in [-0.05, 0) is 0 Å². The van der Waals surface area contributed by atoms with Gasteiger partial charge in [-0.15, -0.1) is 0 Å². The van der Waals surface area contributed by atoms with Crippen molar-refractivity contribution in [1.82, 2.24) is 4.57 Å². The SMILES string of the molecule is [CH-]=C([C-]=C([C-]=[W])C[CH2-])c1c(C)c2ccc(C)cc2n1C[CH2-].[K+].[W+2].[W].[W].[W].[W].[W].[W].[W].[Y]. The van der Waals surface area contributed by atoms with Crippen molar-refractivity contribution in [1.29, 1.82) is 0 Å². The van der Waals surface area contributed by atoms with Gasteiger partial charge < -0.3 is 0 Å². The molecule has 2 aromatic rings. The molecule has 2 rings (SSSR count). The molecule has 1 aromatic carbocycles. The summed E-state index contributed by atoms with van der Waals surface area (Å²) in [7, 11) is 0. The fourth-order valence-electron chi connectivity index (χ4n) is 2.57. The maximum absolute atomic E-state index is 6.30. The number of hydrogen-bond acceptors (Lipinski definition) is 0. The Hall–Kier alpha value is 7.05. The van der Waals surface area contributed by atoms with Crippen molar-refractivity contribution in [2.24, 2.45) is 0 Å². The van der Waals surface area contributed by atoms with Crippen molar-refractivity contribution in [3.05, 3.63) is 67.1 Å². The average molecular weight is 2040 g/mol. The number of aryl methyl sites for hydroxylation is 2. The van der Waals surface area contributed by atoms with Crippen LogP contribution in [0.4, 0.5) is 0 Å². The molecule has 0 N–H and O–H groups in total. The van der Waals surface area contributed by atoms with Crippen molar-refractivity contribution in [3.63, 3.8) is 0 Å². The predicted molar refractivity (Wildman–Crippen MR) is 86.2 cm³/mol. The van der Waals surface area contributed by atoms with E-state index in [1.54, 1.807) is 0 Å². The summed E-state index contributed by atoms with van der Waals surface area (Å²) in [6, 6.07) is 6.45. The Balaban J connectivity index is -0.0000000691. The second-order valence-electron chi connectivity index (χ2n) is 5.02. The Morgan fingerprint density at radius 3 is 1.90 bits per heavy atom. The van der Waals surface area contributed by atoms with Gasteiger partial charge >= 0.3 is 211 Å². The van der Waals surface area contributed by atoms with Crippen LogP contribution in [-0.4, -0.2) is 8.97 Å². The van der Waals surface area contributed by atoms with E-state index < -0.39 is 0 Å². The van der Waals surface area contributed by atoms with Crippen LogP contribution in [0.5, 0.6) is 0 Å². The second kappa shape index (κ2) is 33.3. The number of hydrogen-bond donors (Lipinski definition) is 0. The zero-order valence-electron chi connectivity index (χ0n) is 17.3. The van der Waals surface area contributed by atoms with E-state index >= 15 is 0 Å². The summed E-state index contributed by atoms with van der Waals surface area (Å²) < 4.78 is 5.31. The first-order valence-corrected chi connectivity index (χ1v) is 8.31. The van der Waals surface area contributed by atoms with Crippen LogP contribution in [0.3, 0.4) is 0 Å². The molecule has 0 fully saturated rings. The molecule has 12 heteroatoms. The monoisotopic (exact) mass is 2040 g/mol. The molecule has 1 nitrogen and oxygen atoms in total. The molecule has 0 spiro atoms. The second-order valence-corrected chi connectivity index (χ2v) is 5.75. The van der Waals surface area contributed by atoms with Crippen molar-refractivity contribution in [3.8, 4) is 0 Å². The number of benzene rings is 1. The molecule has 0 saturated carbocycles. The van der Waals surface area contributed by atoms with Crippen molar-refractivity contribution >= 4 is 20.9 Å². The van der Waals surface area contributed by atoms with Crippen LogP contribution in [-0.2, 0) is 227 Å². The van der Waals surface area contributed by atoms with Gasteiger partial charge in [0.1, 0.15) is 0 Å². The molecule has 0 saturated heterocycles. The van der Waals surface area contributed by atoms with Gasteiger partial charge in [0, 0.05) is 180 Å². The molecule has 1 radical (unpaired) electrons. The van der Waals surface area contributed by atoms with E-state index in [1.807, 2.05) is 0 Å². The summed E-state index contributed by atoms with van der Waals surface area (Å²) in [5.74, 6) is 0. The zero-order valence-corrected chi connectivity index (χ0v) is 49.7. The number of allylic oxidation sites excluding steroid dienone is 3. The minimum Gasteiger partial charge on any atom is 0 e. The summed E-state index contributed by atoms with van der Waals surface area (Å²) in [5.41, 5.74) is 6.15. The number of fused-ring (bicyclic) bond motifs is 1. The van der Waals surface area contributed by atoms with Gasteiger partial charge in [0.05, 0.1) is 0 Å². The van der Waals surface area contributed by atoms with E-state index in [1.165, 1.54) is 41.4 Å². The van der Waals surface area contributed by atoms with Crippen LogP contribution in [0.25, 0.3) is 16.5 Å². The predicted octanol–water partition coefficient (Wildman–Crippen LogP) is 1.07. The molecule has 0 amide bonds. The Kier molecular flexibility index (Phi) is 66.4. The molecule has 0 bridgehead atoms. The molecule has 0 aliphatic carbocycles. The smallest absolute Gasteiger partial charge is 0 e. The van der Waals surface area contributed by atoms with E-state index in [0.29, 0.717) is 18.5 Å². The minimum absolute atomic E-state index is 0. The zero-order chi connectivity index (χ0) is 15.6. The van der Waals surface area contributed by atoms with Gasteiger partial charge in [-0.25, -0.2) is 0 Å². The summed E-state index contributed by atoms with van der Waals surface area (Å²) in [5, 5.41) is 1.22. The first-order chi connectivity index (χ1) is 10.0. The quantitative estimate of drug-likeness (QED) is 0.241. The normalized spacial score (nSPS) is 8.06. The van der Waals surface area contributed by atoms with E-state index in [-0.39, 0.29) is 253 Å². The van der Waals surface area contributed by atoms with Crippen LogP contribution in [0.1, 0.15) is 23.2 Å². The summed E-state index contributed by atoms with van der Waals surface area (Å²) in [6.45, 7) is 19.1. The third-order valence-corrected chi connectivity index (χ3v) is 4.50.